The van der Waals surface area contributed by atoms with Crippen LogP contribution in [0, 0.1) is 0 Å². The molecule has 0 radical (unpaired) electrons. The van der Waals surface area contributed by atoms with Gasteiger partial charge in [-0.25, -0.2) is 4.79 Å². The summed E-state index contributed by atoms with van der Waals surface area (Å²) >= 11 is 0. The first-order valence-corrected chi connectivity index (χ1v) is 8.30. The highest BCUT2D eigenvalue weighted by molar-refractivity contribution is 5.70. The Labute approximate surface area is 128 Å². The third-order valence-electron chi connectivity index (χ3n) is 4.15. The van der Waals surface area contributed by atoms with Crippen LogP contribution in [-0.2, 0) is 11.2 Å². The van der Waals surface area contributed by atoms with Crippen LogP contribution in [0.1, 0.15) is 57.4 Å². The standard InChI is InChI=1S/C18H27NO2/c1-2-3-4-5-6-10-13-17-16(19-18(20)21-17)14-15-11-8-7-9-12-15/h7-9,11-12,16-17H,2-6,10,13-14H2,1H3,(H,19,20)/t16-,17-/m0/s1. The summed E-state index contributed by atoms with van der Waals surface area (Å²) in [6, 6.07) is 10.4. The summed E-state index contributed by atoms with van der Waals surface area (Å²) in [5.74, 6) is 0. The van der Waals surface area contributed by atoms with Crippen molar-refractivity contribution in [2.24, 2.45) is 0 Å². The lowest BCUT2D eigenvalue weighted by Crippen LogP contribution is -2.33. The molecule has 1 amide bonds. The van der Waals surface area contributed by atoms with Gasteiger partial charge in [-0.05, 0) is 24.8 Å². The summed E-state index contributed by atoms with van der Waals surface area (Å²) in [4.78, 5) is 11.5. The van der Waals surface area contributed by atoms with Gasteiger partial charge in [-0.3, -0.25) is 0 Å². The number of hydrogen-bond acceptors (Lipinski definition) is 2. The molecule has 2 atom stereocenters. The summed E-state index contributed by atoms with van der Waals surface area (Å²) in [6.07, 6.45) is 9.23. The number of carbonyl (C=O) groups is 1. The van der Waals surface area contributed by atoms with Crippen molar-refractivity contribution in [1.29, 1.82) is 0 Å². The van der Waals surface area contributed by atoms with Gasteiger partial charge in [0.05, 0.1) is 6.04 Å². The number of nitrogens with one attached hydrogen (secondary N) is 1. The van der Waals surface area contributed by atoms with Crippen molar-refractivity contribution in [1.82, 2.24) is 5.32 Å². The number of ether oxygens (including phenoxy) is 1. The predicted octanol–water partition coefficient (Wildman–Crippen LogP) is 4.46. The average molecular weight is 289 g/mol. The molecule has 21 heavy (non-hydrogen) atoms. The van der Waals surface area contributed by atoms with Crippen LogP contribution in [-0.4, -0.2) is 18.2 Å². The number of hydrogen-bond donors (Lipinski definition) is 1. The minimum absolute atomic E-state index is 0.0314. The van der Waals surface area contributed by atoms with E-state index in [1.165, 1.54) is 37.7 Å². The van der Waals surface area contributed by atoms with Crippen LogP contribution < -0.4 is 5.32 Å². The minimum Gasteiger partial charge on any atom is -0.444 e. The van der Waals surface area contributed by atoms with Crippen LogP contribution in [0.3, 0.4) is 0 Å². The molecule has 1 fully saturated rings. The molecular formula is C18H27NO2. The molecule has 0 saturated carbocycles. The molecule has 0 unspecified atom stereocenters. The molecule has 2 rings (SSSR count). The topological polar surface area (TPSA) is 38.3 Å². The van der Waals surface area contributed by atoms with Crippen LogP contribution in [0.15, 0.2) is 30.3 Å². The molecule has 116 valence electrons. The minimum atomic E-state index is -0.257. The Morgan fingerprint density at radius 2 is 1.76 bits per heavy atom. The molecule has 1 heterocycles. The second kappa shape index (κ2) is 8.71. The first-order valence-electron chi connectivity index (χ1n) is 8.30. The number of alkyl carbamates (subject to hydrolysis) is 1. The van der Waals surface area contributed by atoms with Crippen LogP contribution in [0.5, 0.6) is 0 Å². The number of carbonyl (C=O) groups excluding carboxylic acids is 1. The van der Waals surface area contributed by atoms with Gasteiger partial charge in [0.15, 0.2) is 0 Å². The van der Waals surface area contributed by atoms with Crippen molar-refractivity contribution >= 4 is 6.09 Å². The molecule has 1 aromatic rings. The summed E-state index contributed by atoms with van der Waals surface area (Å²) in [7, 11) is 0. The lowest BCUT2D eigenvalue weighted by molar-refractivity contribution is 0.124. The maximum absolute atomic E-state index is 11.5. The summed E-state index contributed by atoms with van der Waals surface area (Å²) in [5, 5.41) is 2.95. The van der Waals surface area contributed by atoms with Gasteiger partial charge in [-0.15, -0.1) is 0 Å². The van der Waals surface area contributed by atoms with E-state index in [2.05, 4.69) is 24.4 Å². The Bertz CT molecular complexity index is 418. The van der Waals surface area contributed by atoms with Gasteiger partial charge in [-0.1, -0.05) is 69.4 Å². The number of benzene rings is 1. The Hall–Kier alpha value is -1.51. The second-order valence-corrected chi connectivity index (χ2v) is 5.94. The Morgan fingerprint density at radius 1 is 1.05 bits per heavy atom. The van der Waals surface area contributed by atoms with Gasteiger partial charge in [0.1, 0.15) is 6.10 Å². The summed E-state index contributed by atoms with van der Waals surface area (Å²) in [6.45, 7) is 2.23. The monoisotopic (exact) mass is 289 g/mol. The zero-order chi connectivity index (χ0) is 14.9. The van der Waals surface area contributed by atoms with Gasteiger partial charge in [0.25, 0.3) is 0 Å². The highest BCUT2D eigenvalue weighted by atomic mass is 16.6. The SMILES string of the molecule is CCCCCCCC[C@@H]1OC(=O)N[C@H]1Cc1ccccc1. The quantitative estimate of drug-likeness (QED) is 0.682. The average Bonchev–Trinajstić information content (AvgIpc) is 2.83. The number of cyclic esters (lactones) is 1. The molecule has 1 aromatic carbocycles. The van der Waals surface area contributed by atoms with E-state index < -0.39 is 0 Å². The maximum Gasteiger partial charge on any atom is 0.407 e. The lowest BCUT2D eigenvalue weighted by Gasteiger charge is -2.16. The lowest BCUT2D eigenvalue weighted by atomic mass is 9.97. The van der Waals surface area contributed by atoms with Crippen molar-refractivity contribution in [3.05, 3.63) is 35.9 Å². The van der Waals surface area contributed by atoms with Crippen LogP contribution >= 0.6 is 0 Å². The van der Waals surface area contributed by atoms with Gasteiger partial charge >= 0.3 is 6.09 Å². The smallest absolute Gasteiger partial charge is 0.407 e. The molecule has 3 heteroatoms. The molecule has 1 N–H and O–H groups in total. The van der Waals surface area contributed by atoms with Gasteiger partial charge < -0.3 is 10.1 Å². The van der Waals surface area contributed by atoms with E-state index in [9.17, 15) is 4.79 Å². The molecular weight excluding hydrogens is 262 g/mol. The van der Waals surface area contributed by atoms with E-state index in [0.717, 1.165) is 19.3 Å². The third-order valence-corrected chi connectivity index (χ3v) is 4.15. The normalized spacial score (nSPS) is 21.1. The van der Waals surface area contributed by atoms with Crippen molar-refractivity contribution in [2.75, 3.05) is 0 Å². The summed E-state index contributed by atoms with van der Waals surface area (Å²) < 4.78 is 5.42. The van der Waals surface area contributed by atoms with E-state index >= 15 is 0 Å². The molecule has 1 saturated heterocycles. The molecule has 1 aliphatic heterocycles. The highest BCUT2D eigenvalue weighted by Crippen LogP contribution is 2.20. The first kappa shape index (κ1) is 15.9. The Morgan fingerprint density at radius 3 is 2.52 bits per heavy atom. The number of unbranched alkanes of at least 4 members (excludes halogenated alkanes) is 5. The molecule has 0 spiro atoms. The van der Waals surface area contributed by atoms with E-state index in [-0.39, 0.29) is 18.2 Å². The van der Waals surface area contributed by atoms with Crippen molar-refractivity contribution in [3.8, 4) is 0 Å². The van der Waals surface area contributed by atoms with Crippen LogP contribution in [0.25, 0.3) is 0 Å². The molecule has 1 aliphatic rings. The zero-order valence-corrected chi connectivity index (χ0v) is 13.0. The molecule has 3 nitrogen and oxygen atoms in total. The fourth-order valence-electron chi connectivity index (χ4n) is 2.93. The van der Waals surface area contributed by atoms with Crippen molar-refractivity contribution in [3.63, 3.8) is 0 Å². The third kappa shape index (κ3) is 5.41. The summed E-state index contributed by atoms with van der Waals surface area (Å²) in [5.41, 5.74) is 1.25. The number of rotatable bonds is 9. The maximum atomic E-state index is 11.5. The molecule has 0 bridgehead atoms. The molecule has 0 aliphatic carbocycles. The Balaban J connectivity index is 1.73. The second-order valence-electron chi connectivity index (χ2n) is 5.94. The largest absolute Gasteiger partial charge is 0.444 e. The van der Waals surface area contributed by atoms with E-state index in [1.807, 2.05) is 18.2 Å². The fourth-order valence-corrected chi connectivity index (χ4v) is 2.93. The highest BCUT2D eigenvalue weighted by Gasteiger charge is 2.33. The van der Waals surface area contributed by atoms with Crippen LogP contribution in [0.2, 0.25) is 0 Å². The first-order chi connectivity index (χ1) is 10.3. The fraction of sp³-hybridized carbons (Fsp3) is 0.611. The van der Waals surface area contributed by atoms with Gasteiger partial charge in [0, 0.05) is 0 Å². The Kier molecular flexibility index (Phi) is 6.58. The number of amides is 1. The van der Waals surface area contributed by atoms with Crippen LogP contribution in [0.4, 0.5) is 4.79 Å². The van der Waals surface area contributed by atoms with Crippen molar-refractivity contribution in [2.45, 2.75) is 70.4 Å². The zero-order valence-electron chi connectivity index (χ0n) is 13.0. The van der Waals surface area contributed by atoms with E-state index in [4.69, 9.17) is 4.74 Å². The van der Waals surface area contributed by atoms with Gasteiger partial charge in [-0.2, -0.15) is 0 Å². The molecule has 0 aromatic heterocycles. The van der Waals surface area contributed by atoms with E-state index in [1.54, 1.807) is 0 Å². The van der Waals surface area contributed by atoms with E-state index in [0.29, 0.717) is 0 Å². The van der Waals surface area contributed by atoms with Gasteiger partial charge in [0.2, 0.25) is 0 Å². The predicted molar refractivity (Wildman–Crippen MR) is 85.3 cm³/mol. The van der Waals surface area contributed by atoms with Crippen molar-refractivity contribution < 1.29 is 9.53 Å².